The quantitative estimate of drug-likeness (QED) is 0.458. The lowest BCUT2D eigenvalue weighted by Gasteiger charge is -2.29. The van der Waals surface area contributed by atoms with Gasteiger partial charge in [0, 0.05) is 32.8 Å². The predicted molar refractivity (Wildman–Crippen MR) is 117 cm³/mol. The van der Waals surface area contributed by atoms with Crippen LogP contribution in [-0.4, -0.2) is 70.1 Å². The van der Waals surface area contributed by atoms with Crippen molar-refractivity contribution in [3.05, 3.63) is 6.33 Å². The van der Waals surface area contributed by atoms with Crippen molar-refractivity contribution in [2.75, 3.05) is 35.7 Å². The average molecular weight is 451 g/mol. The van der Waals surface area contributed by atoms with Crippen molar-refractivity contribution in [1.82, 2.24) is 19.5 Å². The van der Waals surface area contributed by atoms with E-state index in [1.54, 1.807) is 6.33 Å². The second-order valence-corrected chi connectivity index (χ2v) is 10.7. The first kappa shape index (κ1) is 20.9. The van der Waals surface area contributed by atoms with Crippen molar-refractivity contribution in [2.45, 2.75) is 50.7 Å². The molecule has 170 valence electrons. The number of aryl methyl sites for hydroxylation is 1. The third-order valence-corrected chi connectivity index (χ3v) is 7.82. The fraction of sp³-hybridized carbons (Fsp3) is 0.750. The van der Waals surface area contributed by atoms with Crippen LogP contribution in [0, 0.1) is 11.8 Å². The van der Waals surface area contributed by atoms with E-state index in [9.17, 15) is 8.42 Å². The summed E-state index contributed by atoms with van der Waals surface area (Å²) in [5.74, 6) is 2.49. The molecule has 2 aliphatic carbocycles. The third kappa shape index (κ3) is 4.22. The number of anilines is 2. The average Bonchev–Trinajstić information content (AvgIpc) is 3.49. The van der Waals surface area contributed by atoms with Gasteiger partial charge in [-0.05, 0) is 50.4 Å². The molecule has 4 atom stereocenters. The summed E-state index contributed by atoms with van der Waals surface area (Å²) in [4.78, 5) is 16.2. The summed E-state index contributed by atoms with van der Waals surface area (Å²) < 4.78 is 38.5. The van der Waals surface area contributed by atoms with Crippen LogP contribution in [0.1, 0.15) is 38.5 Å². The van der Waals surface area contributed by atoms with Crippen LogP contribution in [-0.2, 0) is 21.9 Å². The van der Waals surface area contributed by atoms with E-state index in [-0.39, 0.29) is 11.9 Å². The molecule has 0 radical (unpaired) electrons. The molecule has 31 heavy (non-hydrogen) atoms. The zero-order valence-electron chi connectivity index (χ0n) is 17.8. The topological polar surface area (TPSA) is 122 Å². The number of nitrogens with one attached hydrogen (secondary N) is 1. The number of aromatic nitrogens is 4. The van der Waals surface area contributed by atoms with Crippen molar-refractivity contribution in [3.8, 4) is 0 Å². The fourth-order valence-corrected chi connectivity index (χ4v) is 6.03. The van der Waals surface area contributed by atoms with Gasteiger partial charge < -0.3 is 15.0 Å². The monoisotopic (exact) mass is 450 g/mol. The van der Waals surface area contributed by atoms with Crippen molar-refractivity contribution >= 4 is 33.0 Å². The molecule has 2 aromatic rings. The van der Waals surface area contributed by atoms with Gasteiger partial charge in [0.2, 0.25) is 5.95 Å². The first-order valence-corrected chi connectivity index (χ1v) is 12.8. The molecule has 3 fully saturated rings. The second kappa shape index (κ2) is 8.18. The minimum absolute atomic E-state index is 0.173. The summed E-state index contributed by atoms with van der Waals surface area (Å²) in [6.07, 6.45) is 7.58. The highest BCUT2D eigenvalue weighted by atomic mass is 32.2. The Morgan fingerprint density at radius 2 is 2.00 bits per heavy atom. The molecule has 0 amide bonds. The molecule has 11 heteroatoms. The van der Waals surface area contributed by atoms with Crippen LogP contribution in [0.15, 0.2) is 6.33 Å². The molecule has 2 saturated carbocycles. The maximum atomic E-state index is 10.8. The van der Waals surface area contributed by atoms with E-state index >= 15 is 0 Å². The van der Waals surface area contributed by atoms with Gasteiger partial charge in [0.05, 0.1) is 11.9 Å². The first-order valence-electron chi connectivity index (χ1n) is 11.1. The number of rotatable bonds is 8. The molecule has 5 rings (SSSR count). The summed E-state index contributed by atoms with van der Waals surface area (Å²) in [7, 11) is -1.90. The molecule has 2 N–H and O–H groups in total. The van der Waals surface area contributed by atoms with Crippen molar-refractivity contribution in [3.63, 3.8) is 0 Å². The molecular weight excluding hydrogens is 420 g/mol. The summed E-state index contributed by atoms with van der Waals surface area (Å²) in [6, 6.07) is 0.331. The van der Waals surface area contributed by atoms with Crippen molar-refractivity contribution < 1.29 is 17.7 Å². The van der Waals surface area contributed by atoms with Crippen LogP contribution in [0.5, 0.6) is 0 Å². The molecule has 3 aliphatic rings. The van der Waals surface area contributed by atoms with Crippen LogP contribution in [0.25, 0.3) is 11.2 Å². The number of hydrogen-bond acceptors (Lipinski definition) is 8. The first-order chi connectivity index (χ1) is 14.9. The minimum atomic E-state index is -3.91. The number of ether oxygens (including phenoxy) is 1. The normalized spacial score (nSPS) is 28.1. The van der Waals surface area contributed by atoms with Crippen LogP contribution in [0.3, 0.4) is 0 Å². The fourth-order valence-electron chi connectivity index (χ4n) is 5.55. The van der Waals surface area contributed by atoms with E-state index in [4.69, 9.17) is 14.3 Å². The lowest BCUT2D eigenvalue weighted by atomic mass is 9.93. The summed E-state index contributed by atoms with van der Waals surface area (Å²) in [6.45, 7) is 2.43. The second-order valence-electron chi connectivity index (χ2n) is 9.09. The standard InChI is InChI=1S/C20H30N6O4S/c1-25-19-17(24-20(25)26-5-2-3-6-26)18(21-12-22-19)23-15-10-14-9-13(15)11-16(14)30-7-4-8-31(27,28)29/h12-16H,2-11H2,1H3,(H,21,22,23)(H,27,28,29)/t13-,14-,15-,16-/m0/s1. The van der Waals surface area contributed by atoms with Crippen LogP contribution in [0.4, 0.5) is 11.8 Å². The molecular formula is C20H30N6O4S. The predicted octanol–water partition coefficient (Wildman–Crippen LogP) is 1.84. The highest BCUT2D eigenvalue weighted by Crippen LogP contribution is 2.47. The van der Waals surface area contributed by atoms with Gasteiger partial charge in [0.25, 0.3) is 10.1 Å². The zero-order valence-corrected chi connectivity index (χ0v) is 18.6. The Balaban J connectivity index is 1.22. The Kier molecular flexibility index (Phi) is 5.51. The largest absolute Gasteiger partial charge is 0.378 e. The third-order valence-electron chi connectivity index (χ3n) is 7.01. The molecule has 1 aliphatic heterocycles. The number of fused-ring (bicyclic) bond motifs is 3. The molecule has 0 spiro atoms. The molecule has 1 saturated heterocycles. The van der Waals surface area contributed by atoms with Crippen LogP contribution in [0.2, 0.25) is 0 Å². The molecule has 2 bridgehead atoms. The molecule has 2 aromatic heterocycles. The Labute approximate surface area is 182 Å². The van der Waals surface area contributed by atoms with Crippen molar-refractivity contribution in [1.29, 1.82) is 0 Å². The maximum Gasteiger partial charge on any atom is 0.264 e. The summed E-state index contributed by atoms with van der Waals surface area (Å²) in [5.41, 5.74) is 1.68. The van der Waals surface area contributed by atoms with E-state index in [1.807, 2.05) is 7.05 Å². The SMILES string of the molecule is Cn1c(N2CCCC2)nc2c(N[C@H]3C[C@@H]4C[C@H]3C[C@@H]4OCCCS(=O)(=O)O)ncnc21. The lowest BCUT2D eigenvalue weighted by molar-refractivity contribution is 0.0154. The Bertz CT molecular complexity index is 1050. The number of nitrogens with zero attached hydrogens (tertiary/aromatic N) is 5. The van der Waals surface area contributed by atoms with Gasteiger partial charge in [-0.3, -0.25) is 9.12 Å². The van der Waals surface area contributed by atoms with Gasteiger partial charge in [0.1, 0.15) is 6.33 Å². The maximum absolute atomic E-state index is 10.8. The van der Waals surface area contributed by atoms with Gasteiger partial charge in [-0.2, -0.15) is 8.42 Å². The van der Waals surface area contributed by atoms with Gasteiger partial charge in [-0.1, -0.05) is 0 Å². The van der Waals surface area contributed by atoms with Crippen molar-refractivity contribution in [2.24, 2.45) is 18.9 Å². The smallest absolute Gasteiger partial charge is 0.264 e. The number of imidazole rings is 1. The van der Waals surface area contributed by atoms with E-state index < -0.39 is 10.1 Å². The van der Waals surface area contributed by atoms with Gasteiger partial charge in [-0.15, -0.1) is 0 Å². The van der Waals surface area contributed by atoms with Gasteiger partial charge >= 0.3 is 0 Å². The summed E-state index contributed by atoms with van der Waals surface area (Å²) in [5, 5.41) is 3.64. The van der Waals surface area contributed by atoms with E-state index in [2.05, 4.69) is 24.8 Å². The van der Waals surface area contributed by atoms with E-state index in [1.165, 1.54) is 12.8 Å². The molecule has 3 heterocycles. The van der Waals surface area contributed by atoms with Crippen LogP contribution < -0.4 is 10.2 Å². The summed E-state index contributed by atoms with van der Waals surface area (Å²) >= 11 is 0. The zero-order chi connectivity index (χ0) is 21.6. The number of hydrogen-bond donors (Lipinski definition) is 2. The lowest BCUT2D eigenvalue weighted by Crippen LogP contribution is -2.33. The van der Waals surface area contributed by atoms with Gasteiger partial charge in [-0.25, -0.2) is 15.0 Å². The Hall–Kier alpha value is -1.98. The minimum Gasteiger partial charge on any atom is -0.378 e. The van der Waals surface area contributed by atoms with Crippen LogP contribution >= 0.6 is 0 Å². The highest BCUT2D eigenvalue weighted by Gasteiger charge is 2.46. The molecule has 0 aromatic carbocycles. The van der Waals surface area contributed by atoms with E-state index in [0.29, 0.717) is 30.9 Å². The Morgan fingerprint density at radius 1 is 1.19 bits per heavy atom. The van der Waals surface area contributed by atoms with E-state index in [0.717, 1.165) is 55.3 Å². The highest BCUT2D eigenvalue weighted by molar-refractivity contribution is 7.85. The molecule has 10 nitrogen and oxygen atoms in total. The molecule has 0 unspecified atom stereocenters. The Morgan fingerprint density at radius 3 is 2.71 bits per heavy atom. The van der Waals surface area contributed by atoms with Gasteiger partial charge in [0.15, 0.2) is 17.0 Å².